The lowest BCUT2D eigenvalue weighted by Gasteiger charge is -2.40. The third kappa shape index (κ3) is 4.50. The Hall–Kier alpha value is -2.55. The Bertz CT molecular complexity index is 657. The maximum Gasteiger partial charge on any atom is 0.307 e. The number of carbonyl (C=O) groups excluding carboxylic acids is 1. The largest absolute Gasteiger partial charge is 0.481 e. The average molecular weight is 344 g/mol. The molecule has 6 heteroatoms. The molecule has 1 aromatic carbocycles. The number of rotatable bonds is 6. The Morgan fingerprint density at radius 3 is 2.40 bits per heavy atom. The van der Waals surface area contributed by atoms with Crippen LogP contribution >= 0.6 is 0 Å². The van der Waals surface area contributed by atoms with Crippen molar-refractivity contribution in [2.45, 2.75) is 57.1 Å². The van der Waals surface area contributed by atoms with Gasteiger partial charge in [-0.2, -0.15) is 5.26 Å². The summed E-state index contributed by atoms with van der Waals surface area (Å²) < 4.78 is 5.69. The number of aliphatic carboxylic acids is 1. The minimum absolute atomic E-state index is 0.0534. The Labute approximate surface area is 148 Å². The first-order valence-electron chi connectivity index (χ1n) is 8.54. The van der Waals surface area contributed by atoms with Gasteiger partial charge in [-0.25, -0.2) is 0 Å². The van der Waals surface area contributed by atoms with Crippen LogP contribution in [0.5, 0.6) is 5.75 Å². The number of carbonyl (C=O) groups is 2. The summed E-state index contributed by atoms with van der Waals surface area (Å²) in [6.45, 7) is 1.66. The van der Waals surface area contributed by atoms with Gasteiger partial charge in [-0.15, -0.1) is 0 Å². The smallest absolute Gasteiger partial charge is 0.307 e. The minimum atomic E-state index is -0.895. The SMILES string of the molecule is CC(Oc1ccc(CC(=O)O)cc1)C(=O)N(C)C1(C#N)CCCCC1. The summed E-state index contributed by atoms with van der Waals surface area (Å²) in [5, 5.41) is 18.4. The zero-order valence-electron chi connectivity index (χ0n) is 14.7. The maximum atomic E-state index is 12.7. The van der Waals surface area contributed by atoms with Crippen molar-refractivity contribution in [2.24, 2.45) is 0 Å². The topological polar surface area (TPSA) is 90.6 Å². The summed E-state index contributed by atoms with van der Waals surface area (Å²) in [7, 11) is 1.67. The average Bonchev–Trinajstić information content (AvgIpc) is 2.62. The van der Waals surface area contributed by atoms with Crippen molar-refractivity contribution in [1.82, 2.24) is 4.90 Å². The van der Waals surface area contributed by atoms with Gasteiger partial charge in [-0.05, 0) is 37.5 Å². The summed E-state index contributed by atoms with van der Waals surface area (Å²) in [6, 6.07) is 8.99. The second-order valence-corrected chi connectivity index (χ2v) is 6.58. The molecule has 0 spiro atoms. The molecule has 1 aromatic rings. The molecule has 0 saturated heterocycles. The second kappa shape index (κ2) is 8.02. The first-order chi connectivity index (χ1) is 11.9. The standard InChI is InChI=1S/C19H24N2O4/c1-14(25-16-8-6-15(7-9-16)12-17(22)23)18(24)21(2)19(13-20)10-4-3-5-11-19/h6-9,14H,3-5,10-12H2,1-2H3,(H,22,23). The Morgan fingerprint density at radius 1 is 1.28 bits per heavy atom. The lowest BCUT2D eigenvalue weighted by atomic mass is 9.81. The van der Waals surface area contributed by atoms with Gasteiger partial charge >= 0.3 is 5.97 Å². The predicted octanol–water partition coefficient (Wildman–Crippen LogP) is 2.77. The van der Waals surface area contributed by atoms with E-state index >= 15 is 0 Å². The van der Waals surface area contributed by atoms with Gasteiger partial charge < -0.3 is 14.7 Å². The normalized spacial score (nSPS) is 17.2. The summed E-state index contributed by atoms with van der Waals surface area (Å²) in [6.07, 6.45) is 3.62. The molecule has 0 heterocycles. The second-order valence-electron chi connectivity index (χ2n) is 6.58. The van der Waals surface area contributed by atoms with Gasteiger partial charge in [0.15, 0.2) is 6.10 Å². The molecule has 0 aliphatic heterocycles. The van der Waals surface area contributed by atoms with Crippen LogP contribution < -0.4 is 4.74 Å². The number of benzene rings is 1. The lowest BCUT2D eigenvalue weighted by molar-refractivity contribution is -0.141. The molecule has 134 valence electrons. The highest BCUT2D eigenvalue weighted by atomic mass is 16.5. The number of hydrogen-bond donors (Lipinski definition) is 1. The fourth-order valence-corrected chi connectivity index (χ4v) is 3.26. The zero-order valence-corrected chi connectivity index (χ0v) is 14.7. The highest BCUT2D eigenvalue weighted by Crippen LogP contribution is 2.33. The molecule has 1 amide bonds. The molecule has 2 rings (SSSR count). The van der Waals surface area contributed by atoms with Gasteiger partial charge in [0, 0.05) is 7.05 Å². The fourth-order valence-electron chi connectivity index (χ4n) is 3.26. The number of carboxylic acids is 1. The first-order valence-corrected chi connectivity index (χ1v) is 8.54. The highest BCUT2D eigenvalue weighted by Gasteiger charge is 2.40. The quantitative estimate of drug-likeness (QED) is 0.857. The van der Waals surface area contributed by atoms with Gasteiger partial charge in [-0.1, -0.05) is 31.4 Å². The fraction of sp³-hybridized carbons (Fsp3) is 0.526. The molecule has 1 unspecified atom stereocenters. The summed E-state index contributed by atoms with van der Waals surface area (Å²) in [5.41, 5.74) is -0.0697. The van der Waals surface area contributed by atoms with Crippen LogP contribution in [0.25, 0.3) is 0 Å². The van der Waals surface area contributed by atoms with E-state index in [0.29, 0.717) is 24.2 Å². The molecule has 1 saturated carbocycles. The van der Waals surface area contributed by atoms with Gasteiger partial charge in [0.25, 0.3) is 5.91 Å². The van der Waals surface area contributed by atoms with E-state index in [1.807, 2.05) is 0 Å². The van der Waals surface area contributed by atoms with E-state index in [-0.39, 0.29) is 12.3 Å². The minimum Gasteiger partial charge on any atom is -0.481 e. The lowest BCUT2D eigenvalue weighted by Crippen LogP contribution is -2.53. The number of ether oxygens (including phenoxy) is 1. The number of amides is 1. The molecule has 1 N–H and O–H groups in total. The highest BCUT2D eigenvalue weighted by molar-refractivity contribution is 5.82. The van der Waals surface area contributed by atoms with Crippen molar-refractivity contribution in [3.05, 3.63) is 29.8 Å². The van der Waals surface area contributed by atoms with Crippen molar-refractivity contribution in [3.63, 3.8) is 0 Å². The summed E-state index contributed by atoms with van der Waals surface area (Å²) in [4.78, 5) is 24.9. The van der Waals surface area contributed by atoms with Crippen LogP contribution in [0, 0.1) is 11.3 Å². The number of hydrogen-bond acceptors (Lipinski definition) is 4. The van der Waals surface area contributed by atoms with Crippen molar-refractivity contribution in [2.75, 3.05) is 7.05 Å². The van der Waals surface area contributed by atoms with Crippen LogP contribution in [0.1, 0.15) is 44.6 Å². The Balaban J connectivity index is 2.01. The predicted molar refractivity (Wildman–Crippen MR) is 92.1 cm³/mol. The van der Waals surface area contributed by atoms with Gasteiger partial charge in [0.1, 0.15) is 11.3 Å². The molecule has 0 radical (unpaired) electrons. The van der Waals surface area contributed by atoms with Crippen LogP contribution in [0.15, 0.2) is 24.3 Å². The van der Waals surface area contributed by atoms with Crippen molar-refractivity contribution in [3.8, 4) is 11.8 Å². The monoisotopic (exact) mass is 344 g/mol. The number of nitriles is 1. The van der Waals surface area contributed by atoms with E-state index < -0.39 is 17.6 Å². The zero-order chi connectivity index (χ0) is 18.4. The van der Waals surface area contributed by atoms with Crippen molar-refractivity contribution in [1.29, 1.82) is 5.26 Å². The summed E-state index contributed by atoms with van der Waals surface area (Å²) in [5.74, 6) is -0.621. The van der Waals surface area contributed by atoms with Crippen LogP contribution in [0.3, 0.4) is 0 Å². The van der Waals surface area contributed by atoms with E-state index in [9.17, 15) is 14.9 Å². The molecule has 6 nitrogen and oxygen atoms in total. The van der Waals surface area contributed by atoms with Crippen LogP contribution in [-0.4, -0.2) is 40.6 Å². The van der Waals surface area contributed by atoms with Crippen molar-refractivity contribution >= 4 is 11.9 Å². The molecule has 0 aromatic heterocycles. The van der Waals surface area contributed by atoms with E-state index in [0.717, 1.165) is 19.3 Å². The van der Waals surface area contributed by atoms with Gasteiger partial charge in [0.05, 0.1) is 12.5 Å². The molecular formula is C19H24N2O4. The molecule has 1 aliphatic rings. The molecule has 0 bridgehead atoms. The Kier molecular flexibility index (Phi) is 6.02. The van der Waals surface area contributed by atoms with Gasteiger partial charge in [0.2, 0.25) is 0 Å². The third-order valence-electron chi connectivity index (χ3n) is 4.80. The number of carboxylic acid groups (broad SMARTS) is 1. The Morgan fingerprint density at radius 2 is 1.88 bits per heavy atom. The van der Waals surface area contributed by atoms with Crippen molar-refractivity contribution < 1.29 is 19.4 Å². The van der Waals surface area contributed by atoms with E-state index in [1.165, 1.54) is 4.90 Å². The van der Waals surface area contributed by atoms with Crippen LogP contribution in [-0.2, 0) is 16.0 Å². The molecule has 1 aliphatic carbocycles. The van der Waals surface area contributed by atoms with Gasteiger partial charge in [-0.3, -0.25) is 9.59 Å². The summed E-state index contributed by atoms with van der Waals surface area (Å²) >= 11 is 0. The maximum absolute atomic E-state index is 12.7. The first kappa shape index (κ1) is 18.8. The van der Waals surface area contributed by atoms with E-state index in [1.54, 1.807) is 38.2 Å². The number of likely N-dealkylation sites (N-methyl/N-ethyl adjacent to an activating group) is 1. The molecule has 1 fully saturated rings. The molecule has 25 heavy (non-hydrogen) atoms. The van der Waals surface area contributed by atoms with E-state index in [4.69, 9.17) is 9.84 Å². The van der Waals surface area contributed by atoms with E-state index in [2.05, 4.69) is 6.07 Å². The van der Waals surface area contributed by atoms with Crippen LogP contribution in [0.4, 0.5) is 0 Å². The third-order valence-corrected chi connectivity index (χ3v) is 4.80. The number of nitrogens with zero attached hydrogens (tertiary/aromatic N) is 2. The molecular weight excluding hydrogens is 320 g/mol. The van der Waals surface area contributed by atoms with Crippen LogP contribution in [0.2, 0.25) is 0 Å². The molecule has 1 atom stereocenters.